The van der Waals surface area contributed by atoms with Crippen LogP contribution in [0.25, 0.3) is 0 Å². The van der Waals surface area contributed by atoms with Crippen LogP contribution in [-0.2, 0) is 14.4 Å². The molecule has 1 amide bonds. The summed E-state index contributed by atoms with van der Waals surface area (Å²) in [5.41, 5.74) is 4.57. The number of imidazole rings is 1. The van der Waals surface area contributed by atoms with Crippen molar-refractivity contribution in [2.24, 2.45) is 5.73 Å². The van der Waals surface area contributed by atoms with Gasteiger partial charge in [-0.2, -0.15) is 0 Å². The largest absolute Gasteiger partial charge is 0.363 e. The molecule has 76 valence electrons. The van der Waals surface area contributed by atoms with Crippen molar-refractivity contribution >= 4 is 18.0 Å². The summed E-state index contributed by atoms with van der Waals surface area (Å²) in [6, 6.07) is 0. The van der Waals surface area contributed by atoms with Crippen molar-refractivity contribution in [2.75, 3.05) is 0 Å². The fourth-order valence-electron chi connectivity index (χ4n) is 0.528. The van der Waals surface area contributed by atoms with Crippen molar-refractivity contribution in [3.63, 3.8) is 0 Å². The van der Waals surface area contributed by atoms with E-state index in [1.165, 1.54) is 0 Å². The summed E-state index contributed by atoms with van der Waals surface area (Å²) in [5.74, 6) is -1.67. The first-order valence-corrected chi connectivity index (χ1v) is 3.87. The van der Waals surface area contributed by atoms with E-state index in [2.05, 4.69) is 15.7 Å². The molecule has 0 saturated heterocycles. The summed E-state index contributed by atoms with van der Waals surface area (Å²) in [6.07, 6.45) is 5.65. The van der Waals surface area contributed by atoms with Crippen molar-refractivity contribution < 1.29 is 14.4 Å². The number of aromatic nitrogens is 2. The zero-order valence-corrected chi connectivity index (χ0v) is 7.47. The first kappa shape index (κ1) is 12.0. The maximum Gasteiger partial charge on any atom is 0.284 e. The molecule has 1 aromatic heterocycles. The second-order valence-corrected chi connectivity index (χ2v) is 2.25. The minimum atomic E-state index is -0.975. The Morgan fingerprint density at radius 2 is 2.21 bits per heavy atom. The maximum absolute atomic E-state index is 10.3. The van der Waals surface area contributed by atoms with Crippen LogP contribution in [0.15, 0.2) is 18.7 Å². The van der Waals surface area contributed by atoms with Gasteiger partial charge in [0.05, 0.1) is 6.33 Å². The van der Waals surface area contributed by atoms with Gasteiger partial charge in [-0.1, -0.05) is 0 Å². The molecule has 0 fully saturated rings. The Hall–Kier alpha value is -1.98. The van der Waals surface area contributed by atoms with Crippen LogP contribution >= 0.6 is 0 Å². The highest BCUT2D eigenvalue weighted by Crippen LogP contribution is 1.84. The van der Waals surface area contributed by atoms with Crippen molar-refractivity contribution in [1.82, 2.24) is 9.97 Å². The molecule has 1 aromatic rings. The fourth-order valence-corrected chi connectivity index (χ4v) is 0.528. The van der Waals surface area contributed by atoms with Crippen molar-refractivity contribution in [3.05, 3.63) is 18.7 Å². The fraction of sp³-hybridized carbons (Fsp3) is 0.250. The number of hydrogen-bond acceptors (Lipinski definition) is 4. The normalized spacial score (nSPS) is 8.29. The number of primary amides is 1. The van der Waals surface area contributed by atoms with Gasteiger partial charge in [0, 0.05) is 25.2 Å². The molecule has 1 rings (SSSR count). The van der Waals surface area contributed by atoms with Gasteiger partial charge in [-0.25, -0.2) is 4.98 Å². The molecular weight excluding hydrogens is 186 g/mol. The van der Waals surface area contributed by atoms with Crippen LogP contribution in [0.2, 0.25) is 0 Å². The third-order valence-electron chi connectivity index (χ3n) is 1.17. The summed E-state index contributed by atoms with van der Waals surface area (Å²) < 4.78 is 0. The minimum absolute atomic E-state index is 0.0706. The lowest BCUT2D eigenvalue weighted by Crippen LogP contribution is -2.22. The van der Waals surface area contributed by atoms with Gasteiger partial charge in [-0.15, -0.1) is 0 Å². The van der Waals surface area contributed by atoms with E-state index in [4.69, 9.17) is 0 Å². The minimum Gasteiger partial charge on any atom is -0.363 e. The second-order valence-electron chi connectivity index (χ2n) is 2.25. The van der Waals surface area contributed by atoms with E-state index >= 15 is 0 Å². The SMILES string of the molecule is NC(=O)C(=O)CCC=O.c1c[nH]cn1. The Kier molecular flexibility index (Phi) is 6.57. The lowest BCUT2D eigenvalue weighted by Gasteiger charge is -1.86. The van der Waals surface area contributed by atoms with Gasteiger partial charge in [-0.05, 0) is 0 Å². The number of ketones is 1. The highest BCUT2D eigenvalue weighted by atomic mass is 16.2. The molecule has 0 aliphatic rings. The molecule has 0 spiro atoms. The van der Waals surface area contributed by atoms with Gasteiger partial charge < -0.3 is 15.5 Å². The Bertz CT molecular complexity index is 265. The molecule has 0 radical (unpaired) electrons. The van der Waals surface area contributed by atoms with Crippen LogP contribution in [0, 0.1) is 0 Å². The number of rotatable bonds is 4. The number of aldehydes is 1. The number of amides is 1. The van der Waals surface area contributed by atoms with Gasteiger partial charge in [-0.3, -0.25) is 9.59 Å². The quantitative estimate of drug-likeness (QED) is 0.498. The molecule has 0 aliphatic carbocycles. The Balaban J connectivity index is 0.000000280. The lowest BCUT2D eigenvalue weighted by atomic mass is 10.2. The number of nitrogens with zero attached hydrogens (tertiary/aromatic N) is 1. The predicted molar refractivity (Wildman–Crippen MR) is 48.1 cm³/mol. The molecule has 0 saturated carbocycles. The highest BCUT2D eigenvalue weighted by molar-refractivity contribution is 6.35. The Morgan fingerprint density at radius 3 is 2.50 bits per heavy atom. The number of hydrogen-bond donors (Lipinski definition) is 2. The zero-order chi connectivity index (χ0) is 10.8. The van der Waals surface area contributed by atoms with E-state index < -0.39 is 11.7 Å². The van der Waals surface area contributed by atoms with E-state index in [9.17, 15) is 14.4 Å². The summed E-state index contributed by atoms with van der Waals surface area (Å²) >= 11 is 0. The monoisotopic (exact) mass is 197 g/mol. The molecule has 3 N–H and O–H groups in total. The zero-order valence-electron chi connectivity index (χ0n) is 7.47. The van der Waals surface area contributed by atoms with Crippen LogP contribution in [0.5, 0.6) is 0 Å². The van der Waals surface area contributed by atoms with E-state index in [0.29, 0.717) is 6.29 Å². The van der Waals surface area contributed by atoms with Crippen LogP contribution in [0.1, 0.15) is 12.8 Å². The van der Waals surface area contributed by atoms with Gasteiger partial charge in [0.25, 0.3) is 5.91 Å². The van der Waals surface area contributed by atoms with Crippen molar-refractivity contribution in [3.8, 4) is 0 Å². The maximum atomic E-state index is 10.3. The number of nitrogens with two attached hydrogens (primary N) is 1. The molecule has 0 bridgehead atoms. The molecule has 14 heavy (non-hydrogen) atoms. The van der Waals surface area contributed by atoms with Crippen molar-refractivity contribution in [1.29, 1.82) is 0 Å². The summed E-state index contributed by atoms with van der Waals surface area (Å²) in [5, 5.41) is 0. The van der Waals surface area contributed by atoms with E-state index in [-0.39, 0.29) is 12.8 Å². The lowest BCUT2D eigenvalue weighted by molar-refractivity contribution is -0.136. The predicted octanol–water partition coefficient (Wildman–Crippen LogP) is -0.570. The number of carbonyl (C=O) groups is 3. The highest BCUT2D eigenvalue weighted by Gasteiger charge is 2.06. The second kappa shape index (κ2) is 7.66. The van der Waals surface area contributed by atoms with Gasteiger partial charge >= 0.3 is 0 Å². The molecular formula is C8H11N3O3. The van der Waals surface area contributed by atoms with E-state index in [0.717, 1.165) is 0 Å². The summed E-state index contributed by atoms with van der Waals surface area (Å²) in [4.78, 5) is 36.3. The molecule has 6 nitrogen and oxygen atoms in total. The van der Waals surface area contributed by atoms with Crippen molar-refractivity contribution in [2.45, 2.75) is 12.8 Å². The smallest absolute Gasteiger partial charge is 0.284 e. The van der Waals surface area contributed by atoms with Gasteiger partial charge in [0.2, 0.25) is 5.78 Å². The Morgan fingerprint density at radius 1 is 1.50 bits per heavy atom. The third kappa shape index (κ3) is 6.71. The summed E-state index contributed by atoms with van der Waals surface area (Å²) in [6.45, 7) is 0. The third-order valence-corrected chi connectivity index (χ3v) is 1.17. The average Bonchev–Trinajstić information content (AvgIpc) is 2.71. The molecule has 0 atom stereocenters. The van der Waals surface area contributed by atoms with E-state index in [1.807, 2.05) is 0 Å². The summed E-state index contributed by atoms with van der Waals surface area (Å²) in [7, 11) is 0. The first-order valence-electron chi connectivity index (χ1n) is 3.87. The van der Waals surface area contributed by atoms with Crippen LogP contribution in [0.4, 0.5) is 0 Å². The standard InChI is InChI=1S/C5H7NO3.C3H4N2/c6-5(9)4(8)2-1-3-7;1-2-5-3-4-1/h3H,1-2H2,(H2,6,9);1-3H,(H,4,5). The number of H-pyrrole nitrogens is 1. The van der Waals surface area contributed by atoms with Gasteiger partial charge in [0.15, 0.2) is 0 Å². The molecule has 0 unspecified atom stereocenters. The van der Waals surface area contributed by atoms with Gasteiger partial charge in [0.1, 0.15) is 6.29 Å². The van der Waals surface area contributed by atoms with Crippen LogP contribution < -0.4 is 5.73 Å². The van der Waals surface area contributed by atoms with Crippen LogP contribution in [-0.4, -0.2) is 27.9 Å². The molecule has 1 heterocycles. The average molecular weight is 197 g/mol. The molecule has 0 aromatic carbocycles. The molecule has 0 aliphatic heterocycles. The number of aromatic amines is 1. The first-order chi connectivity index (χ1) is 6.68. The molecule has 6 heteroatoms. The number of nitrogens with one attached hydrogen (secondary N) is 1. The van der Waals surface area contributed by atoms with Crippen LogP contribution in [0.3, 0.4) is 0 Å². The number of carbonyl (C=O) groups excluding carboxylic acids is 3. The topological polar surface area (TPSA) is 106 Å². The van der Waals surface area contributed by atoms with E-state index in [1.54, 1.807) is 18.7 Å². The number of Topliss-reactive ketones (excluding diaryl/α,β-unsaturated/α-hetero) is 1. The Labute approximate surface area is 80.5 Å².